The van der Waals surface area contributed by atoms with Crippen LogP contribution in [0.3, 0.4) is 0 Å². The molecule has 0 radical (unpaired) electrons. The Labute approximate surface area is 102 Å². The minimum absolute atomic E-state index is 1.12. The Balaban J connectivity index is 2.81. The number of benzene rings is 1. The molecule has 0 amide bonds. The van der Waals surface area contributed by atoms with Crippen LogP contribution in [0.25, 0.3) is 22.2 Å². The van der Waals surface area contributed by atoms with Crippen molar-refractivity contribution < 1.29 is 0 Å². The number of halogens is 1. The van der Waals surface area contributed by atoms with Gasteiger partial charge in [0.2, 0.25) is 0 Å². The second kappa shape index (κ2) is 4.33. The van der Waals surface area contributed by atoms with Crippen LogP contribution in [-0.4, -0.2) is 0 Å². The molecule has 0 saturated heterocycles. The van der Waals surface area contributed by atoms with Crippen molar-refractivity contribution in [2.24, 2.45) is 0 Å². The van der Waals surface area contributed by atoms with Gasteiger partial charge in [-0.2, -0.15) is 0 Å². The van der Waals surface area contributed by atoms with Gasteiger partial charge in [0.1, 0.15) is 0 Å². The van der Waals surface area contributed by atoms with E-state index in [2.05, 4.69) is 52.9 Å². The number of hydrogen-bond acceptors (Lipinski definition) is 1. The molecule has 0 aliphatic carbocycles. The van der Waals surface area contributed by atoms with E-state index in [0.717, 1.165) is 4.47 Å². The normalized spacial score (nSPS) is 11.3. The van der Waals surface area contributed by atoms with Crippen LogP contribution in [0.4, 0.5) is 0 Å². The van der Waals surface area contributed by atoms with Crippen molar-refractivity contribution in [3.05, 3.63) is 45.8 Å². The molecule has 1 heterocycles. The van der Waals surface area contributed by atoms with Gasteiger partial charge in [-0.3, -0.25) is 0 Å². The van der Waals surface area contributed by atoms with Crippen LogP contribution in [0, 0.1) is 0 Å². The molecular weight excluding hydrogens is 268 g/mol. The summed E-state index contributed by atoms with van der Waals surface area (Å²) in [5.41, 5.74) is 1.27. The first-order valence-corrected chi connectivity index (χ1v) is 6.34. The molecule has 0 nitrogen and oxygen atoms in total. The highest BCUT2D eigenvalue weighted by Gasteiger charge is 2.07. The molecule has 76 valence electrons. The third-order valence-corrected chi connectivity index (χ3v) is 3.91. The molecule has 1 aromatic carbocycles. The van der Waals surface area contributed by atoms with Gasteiger partial charge in [-0.15, -0.1) is 11.3 Å². The van der Waals surface area contributed by atoms with Gasteiger partial charge >= 0.3 is 0 Å². The average molecular weight is 279 g/mol. The quantitative estimate of drug-likeness (QED) is 0.696. The van der Waals surface area contributed by atoms with Crippen LogP contribution in [-0.2, 0) is 0 Å². The van der Waals surface area contributed by atoms with Crippen LogP contribution in [0.2, 0.25) is 0 Å². The zero-order valence-corrected chi connectivity index (χ0v) is 10.9. The molecule has 0 N–H and O–H groups in total. The fourth-order valence-corrected chi connectivity index (χ4v) is 2.98. The van der Waals surface area contributed by atoms with Gasteiger partial charge in [0, 0.05) is 19.4 Å². The molecule has 0 spiro atoms. The molecule has 1 aromatic heterocycles. The molecule has 0 aliphatic heterocycles. The highest BCUT2D eigenvalue weighted by molar-refractivity contribution is 9.10. The number of thiophene rings is 1. The minimum Gasteiger partial charge on any atom is -0.135 e. The summed E-state index contributed by atoms with van der Waals surface area (Å²) in [6, 6.07) is 6.38. The Morgan fingerprint density at radius 1 is 1.40 bits per heavy atom. The first-order valence-electron chi connectivity index (χ1n) is 4.73. The van der Waals surface area contributed by atoms with Crippen LogP contribution >= 0.6 is 27.3 Å². The van der Waals surface area contributed by atoms with Crippen LogP contribution in [0.15, 0.2) is 35.3 Å². The van der Waals surface area contributed by atoms with E-state index in [-0.39, 0.29) is 0 Å². The van der Waals surface area contributed by atoms with Gasteiger partial charge in [0.15, 0.2) is 0 Å². The summed E-state index contributed by atoms with van der Waals surface area (Å²) in [4.78, 5) is 1.24. The third kappa shape index (κ3) is 1.92. The maximum atomic E-state index is 3.86. The van der Waals surface area contributed by atoms with Crippen molar-refractivity contribution in [3.8, 4) is 0 Å². The zero-order valence-electron chi connectivity index (χ0n) is 8.46. The molecule has 0 atom stereocenters. The molecule has 0 saturated carbocycles. The zero-order chi connectivity index (χ0) is 10.8. The standard InChI is InChI=1S/C13H11BrS/c1-3-5-10-11-8-9(14)6-7-13(11)15-12(10)4-2/h3-8H,2H2,1H3/b5-3-. The Morgan fingerprint density at radius 2 is 2.20 bits per heavy atom. The smallest absolute Gasteiger partial charge is 0.0356 e. The fraction of sp³-hybridized carbons (Fsp3) is 0.0769. The van der Waals surface area contributed by atoms with E-state index >= 15 is 0 Å². The molecular formula is C13H11BrS. The Morgan fingerprint density at radius 3 is 2.87 bits per heavy atom. The van der Waals surface area contributed by atoms with E-state index in [0.29, 0.717) is 0 Å². The van der Waals surface area contributed by atoms with Gasteiger partial charge in [-0.05, 0) is 30.7 Å². The second-order valence-corrected chi connectivity index (χ2v) is 5.22. The lowest BCUT2D eigenvalue weighted by atomic mass is 10.1. The summed E-state index contributed by atoms with van der Waals surface area (Å²) < 4.78 is 2.43. The van der Waals surface area contributed by atoms with Crippen LogP contribution in [0.5, 0.6) is 0 Å². The monoisotopic (exact) mass is 278 g/mol. The Bertz CT molecular complexity index is 535. The molecule has 15 heavy (non-hydrogen) atoms. The van der Waals surface area contributed by atoms with E-state index in [9.17, 15) is 0 Å². The first kappa shape index (κ1) is 10.7. The summed E-state index contributed by atoms with van der Waals surface area (Å²) in [5.74, 6) is 0. The van der Waals surface area contributed by atoms with E-state index in [1.165, 1.54) is 20.5 Å². The first-order chi connectivity index (χ1) is 7.26. The molecule has 0 bridgehead atoms. The van der Waals surface area contributed by atoms with Crippen molar-refractivity contribution >= 4 is 49.5 Å². The summed E-state index contributed by atoms with van der Waals surface area (Å²) in [6.45, 7) is 5.89. The summed E-state index contributed by atoms with van der Waals surface area (Å²) >= 11 is 5.29. The second-order valence-electron chi connectivity index (χ2n) is 3.22. The van der Waals surface area contributed by atoms with Crippen molar-refractivity contribution in [3.63, 3.8) is 0 Å². The third-order valence-electron chi connectivity index (χ3n) is 2.24. The van der Waals surface area contributed by atoms with Gasteiger partial charge in [0.25, 0.3) is 0 Å². The molecule has 2 heteroatoms. The van der Waals surface area contributed by atoms with Crippen molar-refractivity contribution in [1.82, 2.24) is 0 Å². The van der Waals surface area contributed by atoms with Gasteiger partial charge in [-0.25, -0.2) is 0 Å². The lowest BCUT2D eigenvalue weighted by Crippen LogP contribution is -1.72. The number of rotatable bonds is 2. The predicted octanol–water partition coefficient (Wildman–Crippen LogP) is 5.34. The number of hydrogen-bond donors (Lipinski definition) is 0. The van der Waals surface area contributed by atoms with Crippen molar-refractivity contribution in [2.45, 2.75) is 6.92 Å². The summed E-state index contributed by atoms with van der Waals surface area (Å²) in [5, 5.41) is 1.29. The Kier molecular flexibility index (Phi) is 3.08. The van der Waals surface area contributed by atoms with E-state index in [4.69, 9.17) is 0 Å². The SMILES string of the molecule is C=Cc1sc2ccc(Br)cc2c1/C=C\C. The summed E-state index contributed by atoms with van der Waals surface area (Å²) in [7, 11) is 0. The van der Waals surface area contributed by atoms with E-state index in [1.807, 2.05) is 13.0 Å². The number of allylic oxidation sites excluding steroid dienone is 1. The predicted molar refractivity (Wildman–Crippen MR) is 74.3 cm³/mol. The molecule has 2 rings (SSSR count). The maximum Gasteiger partial charge on any atom is 0.0356 e. The minimum atomic E-state index is 1.12. The fourth-order valence-electron chi connectivity index (χ4n) is 1.60. The molecule has 0 unspecified atom stereocenters. The lowest BCUT2D eigenvalue weighted by molar-refractivity contribution is 1.73. The molecule has 0 fully saturated rings. The van der Waals surface area contributed by atoms with Crippen LogP contribution in [0.1, 0.15) is 17.4 Å². The van der Waals surface area contributed by atoms with Crippen LogP contribution < -0.4 is 0 Å². The van der Waals surface area contributed by atoms with Crippen molar-refractivity contribution in [2.75, 3.05) is 0 Å². The summed E-state index contributed by atoms with van der Waals surface area (Å²) in [6.07, 6.45) is 6.13. The van der Waals surface area contributed by atoms with Gasteiger partial charge in [-0.1, -0.05) is 40.7 Å². The topological polar surface area (TPSA) is 0 Å². The van der Waals surface area contributed by atoms with E-state index < -0.39 is 0 Å². The maximum absolute atomic E-state index is 3.86. The average Bonchev–Trinajstić information content (AvgIpc) is 2.57. The Hall–Kier alpha value is -0.860. The van der Waals surface area contributed by atoms with Gasteiger partial charge < -0.3 is 0 Å². The van der Waals surface area contributed by atoms with E-state index in [1.54, 1.807) is 11.3 Å². The van der Waals surface area contributed by atoms with Gasteiger partial charge in [0.05, 0.1) is 0 Å². The lowest BCUT2D eigenvalue weighted by Gasteiger charge is -1.94. The highest BCUT2D eigenvalue weighted by Crippen LogP contribution is 2.34. The molecule has 0 aliphatic rings. The molecule has 2 aromatic rings. The number of fused-ring (bicyclic) bond motifs is 1. The largest absolute Gasteiger partial charge is 0.135 e. The highest BCUT2D eigenvalue weighted by atomic mass is 79.9. The van der Waals surface area contributed by atoms with Crippen molar-refractivity contribution in [1.29, 1.82) is 0 Å².